The average molecular weight is 339 g/mol. The molecule has 2 nitrogen and oxygen atoms in total. The lowest BCUT2D eigenvalue weighted by Crippen LogP contribution is -2.36. The van der Waals surface area contributed by atoms with Crippen molar-refractivity contribution in [2.45, 2.75) is 12.1 Å². The van der Waals surface area contributed by atoms with Gasteiger partial charge in [0.25, 0.3) is 0 Å². The minimum Gasteiger partial charge on any atom is -0.392 e. The Morgan fingerprint density at radius 1 is 0.615 bits per heavy atom. The third kappa shape index (κ3) is 2.65. The van der Waals surface area contributed by atoms with Crippen LogP contribution in [0.4, 0.5) is 0 Å². The van der Waals surface area contributed by atoms with E-state index in [1.54, 1.807) is 0 Å². The van der Waals surface area contributed by atoms with Crippen LogP contribution in [0.1, 0.15) is 22.3 Å². The Hall–Kier alpha value is -3.10. The van der Waals surface area contributed by atoms with E-state index in [-0.39, 0.29) is 6.61 Å². The lowest BCUT2D eigenvalue weighted by atomic mass is 9.77. The largest absolute Gasteiger partial charge is 0.392 e. The van der Waals surface area contributed by atoms with Gasteiger partial charge in [-0.25, -0.2) is 0 Å². The highest BCUT2D eigenvalue weighted by atomic mass is 16.3. The smallest absolute Gasteiger partial charge is 0.120 e. The van der Waals surface area contributed by atoms with Gasteiger partial charge >= 0.3 is 0 Å². The summed E-state index contributed by atoms with van der Waals surface area (Å²) in [5.41, 5.74) is 3.93. The van der Waals surface area contributed by atoms with Gasteiger partial charge in [-0.05, 0) is 28.3 Å². The van der Waals surface area contributed by atoms with Crippen molar-refractivity contribution in [1.29, 1.82) is 0 Å². The number of hydrogen-bond acceptors (Lipinski definition) is 1. The van der Waals surface area contributed by atoms with Gasteiger partial charge in [0.2, 0.25) is 0 Å². The van der Waals surface area contributed by atoms with Crippen LogP contribution < -0.4 is 0 Å². The Bertz CT molecular complexity index is 862. The topological polar surface area (TPSA) is 25.2 Å². The van der Waals surface area contributed by atoms with Crippen LogP contribution in [0, 0.1) is 0 Å². The molecule has 0 saturated carbocycles. The Labute approximate surface area is 154 Å². The second-order valence-corrected chi connectivity index (χ2v) is 6.39. The molecule has 0 fully saturated rings. The molecule has 3 aromatic carbocycles. The van der Waals surface area contributed by atoms with Gasteiger partial charge in [-0.3, -0.25) is 0 Å². The van der Waals surface area contributed by atoms with Gasteiger partial charge in [0, 0.05) is 12.4 Å². The highest BCUT2D eigenvalue weighted by molar-refractivity contribution is 5.51. The zero-order chi connectivity index (χ0) is 17.8. The molecule has 0 atom stereocenters. The molecule has 128 valence electrons. The third-order valence-electron chi connectivity index (χ3n) is 4.90. The zero-order valence-electron chi connectivity index (χ0n) is 14.5. The number of nitrogens with zero attached hydrogens (tertiary/aromatic N) is 1. The Morgan fingerprint density at radius 2 is 1.04 bits per heavy atom. The van der Waals surface area contributed by atoms with Crippen LogP contribution in [-0.4, -0.2) is 9.67 Å². The van der Waals surface area contributed by atoms with Crippen LogP contribution in [0.3, 0.4) is 0 Å². The molecule has 0 aliphatic heterocycles. The second kappa shape index (κ2) is 7.03. The summed E-state index contributed by atoms with van der Waals surface area (Å²) in [7, 11) is 0. The van der Waals surface area contributed by atoms with Crippen LogP contribution in [-0.2, 0) is 12.1 Å². The monoisotopic (exact) mass is 339 g/mol. The molecule has 0 aliphatic carbocycles. The third-order valence-corrected chi connectivity index (χ3v) is 4.90. The van der Waals surface area contributed by atoms with Crippen LogP contribution in [0.2, 0.25) is 0 Å². The molecule has 2 heteroatoms. The Morgan fingerprint density at radius 3 is 1.38 bits per heavy atom. The van der Waals surface area contributed by atoms with Gasteiger partial charge in [-0.15, -0.1) is 0 Å². The van der Waals surface area contributed by atoms with Crippen LogP contribution in [0.5, 0.6) is 0 Å². The first-order valence-electron chi connectivity index (χ1n) is 8.80. The van der Waals surface area contributed by atoms with Gasteiger partial charge < -0.3 is 9.67 Å². The van der Waals surface area contributed by atoms with Crippen molar-refractivity contribution in [3.8, 4) is 0 Å². The predicted octanol–water partition coefficient (Wildman–Crippen LogP) is 4.82. The highest BCUT2D eigenvalue weighted by Gasteiger charge is 2.37. The van der Waals surface area contributed by atoms with Gasteiger partial charge in [0.15, 0.2) is 0 Å². The van der Waals surface area contributed by atoms with E-state index in [9.17, 15) is 5.11 Å². The number of aliphatic hydroxyl groups excluding tert-OH is 1. The van der Waals surface area contributed by atoms with Gasteiger partial charge in [-0.2, -0.15) is 0 Å². The molecular formula is C24H21NO. The van der Waals surface area contributed by atoms with Crippen molar-refractivity contribution in [1.82, 2.24) is 4.57 Å². The summed E-state index contributed by atoms with van der Waals surface area (Å²) in [5, 5.41) is 9.62. The molecule has 1 aromatic heterocycles. The summed E-state index contributed by atoms with van der Waals surface area (Å²) in [6.07, 6.45) is 4.09. The molecular weight excluding hydrogens is 318 g/mol. The second-order valence-electron chi connectivity index (χ2n) is 6.39. The first kappa shape index (κ1) is 16.4. The van der Waals surface area contributed by atoms with Crippen molar-refractivity contribution >= 4 is 0 Å². The van der Waals surface area contributed by atoms with E-state index in [0.29, 0.717) is 0 Å². The summed E-state index contributed by atoms with van der Waals surface area (Å²) in [5.74, 6) is 0. The van der Waals surface area contributed by atoms with Crippen molar-refractivity contribution in [3.63, 3.8) is 0 Å². The molecule has 1 heterocycles. The fraction of sp³-hybridized carbons (Fsp3) is 0.0833. The number of rotatable bonds is 5. The first-order chi connectivity index (χ1) is 12.9. The normalized spacial score (nSPS) is 11.4. The number of benzene rings is 3. The maximum absolute atomic E-state index is 9.62. The number of aromatic nitrogens is 1. The first-order valence-corrected chi connectivity index (χ1v) is 8.80. The lowest BCUT2D eigenvalue weighted by molar-refractivity contribution is 0.281. The predicted molar refractivity (Wildman–Crippen MR) is 105 cm³/mol. The molecule has 26 heavy (non-hydrogen) atoms. The zero-order valence-corrected chi connectivity index (χ0v) is 14.5. The molecule has 4 aromatic rings. The van der Waals surface area contributed by atoms with E-state index in [0.717, 1.165) is 5.56 Å². The molecule has 0 amide bonds. The van der Waals surface area contributed by atoms with E-state index in [1.807, 2.05) is 30.5 Å². The fourth-order valence-corrected chi connectivity index (χ4v) is 3.73. The van der Waals surface area contributed by atoms with Gasteiger partial charge in [-0.1, -0.05) is 91.0 Å². The summed E-state index contributed by atoms with van der Waals surface area (Å²) >= 11 is 0. The molecule has 0 radical (unpaired) electrons. The summed E-state index contributed by atoms with van der Waals surface area (Å²) in [4.78, 5) is 0. The molecule has 0 saturated heterocycles. The minimum atomic E-state index is -0.503. The van der Waals surface area contributed by atoms with Gasteiger partial charge in [0.05, 0.1) is 6.61 Å². The summed E-state index contributed by atoms with van der Waals surface area (Å²) < 4.78 is 2.21. The molecule has 1 N–H and O–H groups in total. The highest BCUT2D eigenvalue weighted by Crippen LogP contribution is 2.40. The van der Waals surface area contributed by atoms with E-state index >= 15 is 0 Å². The number of hydrogen-bond donors (Lipinski definition) is 1. The van der Waals surface area contributed by atoms with Crippen LogP contribution in [0.25, 0.3) is 0 Å². The van der Waals surface area contributed by atoms with E-state index in [4.69, 9.17) is 0 Å². The molecule has 4 rings (SSSR count). The van der Waals surface area contributed by atoms with Crippen molar-refractivity contribution in [3.05, 3.63) is 132 Å². The van der Waals surface area contributed by atoms with Crippen molar-refractivity contribution < 1.29 is 5.11 Å². The molecule has 0 aliphatic rings. The fourth-order valence-electron chi connectivity index (χ4n) is 3.73. The maximum atomic E-state index is 9.62. The lowest BCUT2D eigenvalue weighted by Gasteiger charge is -2.37. The minimum absolute atomic E-state index is 0.0292. The molecule has 0 unspecified atom stereocenters. The maximum Gasteiger partial charge on any atom is 0.120 e. The Balaban J connectivity index is 2.10. The average Bonchev–Trinajstić information content (AvgIpc) is 3.21. The van der Waals surface area contributed by atoms with E-state index in [2.05, 4.69) is 83.6 Å². The quantitative estimate of drug-likeness (QED) is 0.518. The van der Waals surface area contributed by atoms with E-state index in [1.165, 1.54) is 16.7 Å². The molecule has 0 bridgehead atoms. The standard InChI is InChI=1S/C24H21NO/c26-19-20-16-17-25(18-20)24(21-10-4-1-5-11-21,22-12-6-2-7-13-22)23-14-8-3-9-15-23/h1-18,26H,19H2. The van der Waals surface area contributed by atoms with Gasteiger partial charge in [0.1, 0.15) is 5.54 Å². The SMILES string of the molecule is OCc1ccn(C(c2ccccc2)(c2ccccc2)c2ccccc2)c1. The number of aliphatic hydroxyl groups is 1. The van der Waals surface area contributed by atoms with Crippen LogP contribution >= 0.6 is 0 Å². The summed E-state index contributed by atoms with van der Waals surface area (Å²) in [6, 6.07) is 33.5. The van der Waals surface area contributed by atoms with Crippen molar-refractivity contribution in [2.75, 3.05) is 0 Å². The summed E-state index contributed by atoms with van der Waals surface area (Å²) in [6.45, 7) is 0.0292. The Kier molecular flexibility index (Phi) is 4.42. The van der Waals surface area contributed by atoms with Crippen molar-refractivity contribution in [2.24, 2.45) is 0 Å². The van der Waals surface area contributed by atoms with E-state index < -0.39 is 5.54 Å². The van der Waals surface area contributed by atoms with Crippen LogP contribution in [0.15, 0.2) is 109 Å². The molecule has 0 spiro atoms.